The molecule has 33 heavy (non-hydrogen) atoms. The van der Waals surface area contributed by atoms with E-state index in [-0.39, 0.29) is 11.3 Å². The van der Waals surface area contributed by atoms with Crippen molar-refractivity contribution in [2.24, 2.45) is 0 Å². The van der Waals surface area contributed by atoms with Crippen LogP contribution in [0.15, 0.2) is 36.7 Å². The molecule has 5 rings (SSSR count). The average molecular weight is 465 g/mol. The van der Waals surface area contributed by atoms with E-state index >= 15 is 0 Å². The van der Waals surface area contributed by atoms with Gasteiger partial charge in [-0.3, -0.25) is 4.79 Å². The second kappa shape index (κ2) is 9.77. The molecule has 4 heterocycles. The molecule has 0 bridgehead atoms. The quantitative estimate of drug-likeness (QED) is 0.564. The standard InChI is InChI=1S/C26H32N4O2S/c1-19-21-23(27-17-26(11-15-32-16-12-26)20-9-5-4-6-10-20)28-18-29-24(21)33-22(19)25(31)30-13-7-2-3-8-14-30/h4-6,9-10,18H,2-3,7-8,11-17H2,1H3,(H,27,28,29). The Hall–Kier alpha value is -2.51. The molecule has 1 N–H and O–H groups in total. The summed E-state index contributed by atoms with van der Waals surface area (Å²) in [6.07, 6.45) is 8.16. The zero-order valence-electron chi connectivity index (χ0n) is 19.3. The normalized spacial score (nSPS) is 18.8. The van der Waals surface area contributed by atoms with Gasteiger partial charge in [-0.2, -0.15) is 0 Å². The van der Waals surface area contributed by atoms with Crippen LogP contribution < -0.4 is 5.32 Å². The van der Waals surface area contributed by atoms with E-state index in [2.05, 4.69) is 45.6 Å². The molecule has 6 nitrogen and oxygen atoms in total. The van der Waals surface area contributed by atoms with Gasteiger partial charge in [0.15, 0.2) is 0 Å². The van der Waals surface area contributed by atoms with E-state index in [9.17, 15) is 4.79 Å². The molecule has 1 aromatic carbocycles. The van der Waals surface area contributed by atoms with Crippen molar-refractivity contribution in [2.45, 2.75) is 50.9 Å². The smallest absolute Gasteiger partial charge is 0.264 e. The van der Waals surface area contributed by atoms with Crippen LogP contribution >= 0.6 is 11.3 Å². The van der Waals surface area contributed by atoms with E-state index in [1.54, 1.807) is 6.33 Å². The highest BCUT2D eigenvalue weighted by Gasteiger charge is 2.34. The molecule has 2 aromatic heterocycles. The number of ether oxygens (including phenoxy) is 1. The van der Waals surface area contributed by atoms with Crippen molar-refractivity contribution in [3.63, 3.8) is 0 Å². The second-order valence-electron chi connectivity index (χ2n) is 9.28. The number of fused-ring (bicyclic) bond motifs is 1. The summed E-state index contributed by atoms with van der Waals surface area (Å²) >= 11 is 1.50. The van der Waals surface area contributed by atoms with Crippen molar-refractivity contribution in [3.8, 4) is 0 Å². The highest BCUT2D eigenvalue weighted by molar-refractivity contribution is 7.20. The first-order valence-corrected chi connectivity index (χ1v) is 12.9. The molecule has 2 fully saturated rings. The lowest BCUT2D eigenvalue weighted by Gasteiger charge is -2.38. The van der Waals surface area contributed by atoms with Crippen LogP contribution in [-0.2, 0) is 10.2 Å². The second-order valence-corrected chi connectivity index (χ2v) is 10.3. The number of carbonyl (C=O) groups is 1. The first-order valence-electron chi connectivity index (χ1n) is 12.1. The maximum absolute atomic E-state index is 13.3. The maximum atomic E-state index is 13.3. The summed E-state index contributed by atoms with van der Waals surface area (Å²) in [7, 11) is 0. The Morgan fingerprint density at radius 1 is 1.09 bits per heavy atom. The molecular weight excluding hydrogens is 432 g/mol. The van der Waals surface area contributed by atoms with Crippen LogP contribution in [0.2, 0.25) is 0 Å². The van der Waals surface area contributed by atoms with Crippen molar-refractivity contribution in [1.82, 2.24) is 14.9 Å². The summed E-state index contributed by atoms with van der Waals surface area (Å²) in [5.74, 6) is 0.971. The van der Waals surface area contributed by atoms with Gasteiger partial charge in [-0.25, -0.2) is 9.97 Å². The summed E-state index contributed by atoms with van der Waals surface area (Å²) < 4.78 is 5.69. The van der Waals surface area contributed by atoms with Crippen LogP contribution in [0.1, 0.15) is 59.3 Å². The lowest BCUT2D eigenvalue weighted by Crippen LogP contribution is -2.40. The molecule has 2 aliphatic heterocycles. The van der Waals surface area contributed by atoms with E-state index in [0.717, 1.165) is 85.0 Å². The molecule has 2 saturated heterocycles. The molecular formula is C26H32N4O2S. The molecule has 0 spiro atoms. The van der Waals surface area contributed by atoms with Crippen molar-refractivity contribution >= 4 is 33.3 Å². The minimum atomic E-state index is 0.00537. The Kier molecular flexibility index (Phi) is 6.60. The van der Waals surface area contributed by atoms with Gasteiger partial charge >= 0.3 is 0 Å². The topological polar surface area (TPSA) is 67.4 Å². The van der Waals surface area contributed by atoms with Gasteiger partial charge in [-0.1, -0.05) is 43.2 Å². The first kappa shape index (κ1) is 22.3. The number of carbonyl (C=O) groups excluding carboxylic acids is 1. The third-order valence-electron chi connectivity index (χ3n) is 7.24. The van der Waals surface area contributed by atoms with E-state index in [1.165, 1.54) is 29.7 Å². The number of amides is 1. The number of nitrogens with zero attached hydrogens (tertiary/aromatic N) is 3. The molecule has 0 saturated carbocycles. The third-order valence-corrected chi connectivity index (χ3v) is 8.43. The maximum Gasteiger partial charge on any atom is 0.264 e. The lowest BCUT2D eigenvalue weighted by atomic mass is 9.74. The average Bonchev–Trinajstić information content (AvgIpc) is 3.03. The number of thiophene rings is 1. The summed E-state index contributed by atoms with van der Waals surface area (Å²) in [6.45, 7) is 6.05. The van der Waals surface area contributed by atoms with E-state index in [4.69, 9.17) is 4.74 Å². The molecule has 1 amide bonds. The number of anilines is 1. The monoisotopic (exact) mass is 464 g/mol. The minimum Gasteiger partial charge on any atom is -0.381 e. The van der Waals surface area contributed by atoms with E-state index < -0.39 is 0 Å². The fourth-order valence-corrected chi connectivity index (χ4v) is 6.32. The van der Waals surface area contributed by atoms with Gasteiger partial charge < -0.3 is 15.0 Å². The Morgan fingerprint density at radius 3 is 2.55 bits per heavy atom. The number of rotatable bonds is 5. The van der Waals surface area contributed by atoms with Crippen LogP contribution in [0, 0.1) is 6.92 Å². The van der Waals surface area contributed by atoms with Gasteiger partial charge in [0.05, 0.1) is 10.3 Å². The Morgan fingerprint density at radius 2 is 1.82 bits per heavy atom. The SMILES string of the molecule is Cc1c(C(=O)N2CCCCCC2)sc2ncnc(NCC3(c4ccccc4)CCOCC3)c12. The van der Waals surface area contributed by atoms with Crippen LogP contribution in [0.3, 0.4) is 0 Å². The van der Waals surface area contributed by atoms with Crippen LogP contribution in [-0.4, -0.2) is 53.6 Å². The van der Waals surface area contributed by atoms with Crippen LogP contribution in [0.4, 0.5) is 5.82 Å². The molecule has 7 heteroatoms. The van der Waals surface area contributed by atoms with Gasteiger partial charge in [0.2, 0.25) is 0 Å². The molecule has 0 unspecified atom stereocenters. The van der Waals surface area contributed by atoms with Crippen LogP contribution in [0.25, 0.3) is 10.2 Å². The first-order chi connectivity index (χ1) is 16.2. The van der Waals surface area contributed by atoms with Crippen molar-refractivity contribution in [1.29, 1.82) is 0 Å². The van der Waals surface area contributed by atoms with Gasteiger partial charge in [0, 0.05) is 38.3 Å². The number of aryl methyl sites for hydroxylation is 1. The Labute approximate surface area is 199 Å². The molecule has 0 radical (unpaired) electrons. The summed E-state index contributed by atoms with van der Waals surface area (Å²) in [5.41, 5.74) is 2.34. The lowest BCUT2D eigenvalue weighted by molar-refractivity contribution is 0.0543. The summed E-state index contributed by atoms with van der Waals surface area (Å²) in [5, 5.41) is 4.64. The van der Waals surface area contributed by atoms with Crippen LogP contribution in [0.5, 0.6) is 0 Å². The number of aromatic nitrogens is 2. The van der Waals surface area contributed by atoms with Crippen molar-refractivity contribution in [3.05, 3.63) is 52.7 Å². The molecule has 2 aliphatic rings. The predicted molar refractivity (Wildman–Crippen MR) is 133 cm³/mol. The number of likely N-dealkylation sites (tertiary alicyclic amines) is 1. The zero-order valence-corrected chi connectivity index (χ0v) is 20.1. The Balaban J connectivity index is 1.43. The van der Waals surface area contributed by atoms with E-state index in [1.807, 2.05) is 11.8 Å². The Bertz CT molecular complexity index is 1100. The zero-order chi connectivity index (χ0) is 22.7. The molecule has 174 valence electrons. The molecule has 0 aliphatic carbocycles. The summed E-state index contributed by atoms with van der Waals surface area (Å²) in [4.78, 5) is 26.2. The van der Waals surface area contributed by atoms with Gasteiger partial charge in [0.1, 0.15) is 17.0 Å². The fraction of sp³-hybridized carbons (Fsp3) is 0.500. The number of hydrogen-bond acceptors (Lipinski definition) is 6. The number of nitrogens with one attached hydrogen (secondary N) is 1. The molecule has 0 atom stereocenters. The van der Waals surface area contributed by atoms with E-state index in [0.29, 0.717) is 0 Å². The minimum absolute atomic E-state index is 0.00537. The number of benzene rings is 1. The van der Waals surface area contributed by atoms with Gasteiger partial charge in [0.25, 0.3) is 5.91 Å². The van der Waals surface area contributed by atoms with Gasteiger partial charge in [-0.15, -0.1) is 11.3 Å². The van der Waals surface area contributed by atoms with Gasteiger partial charge in [-0.05, 0) is 43.7 Å². The summed E-state index contributed by atoms with van der Waals surface area (Å²) in [6, 6.07) is 10.7. The number of hydrogen-bond donors (Lipinski definition) is 1. The highest BCUT2D eigenvalue weighted by atomic mass is 32.1. The van der Waals surface area contributed by atoms with Crippen molar-refractivity contribution < 1.29 is 9.53 Å². The highest BCUT2D eigenvalue weighted by Crippen LogP contribution is 2.38. The largest absolute Gasteiger partial charge is 0.381 e. The van der Waals surface area contributed by atoms with Crippen molar-refractivity contribution in [2.75, 3.05) is 38.2 Å². The third kappa shape index (κ3) is 4.49. The predicted octanol–water partition coefficient (Wildman–Crippen LogP) is 5.18. The fourth-order valence-electron chi connectivity index (χ4n) is 5.20. The molecule has 3 aromatic rings.